The van der Waals surface area contributed by atoms with E-state index >= 15 is 0 Å². The van der Waals surface area contributed by atoms with Gasteiger partial charge in [0, 0.05) is 41.3 Å². The quantitative estimate of drug-likeness (QED) is 0.674. The molecule has 0 amide bonds. The van der Waals surface area contributed by atoms with Crippen LogP contribution in [0.4, 0.5) is 0 Å². The van der Waals surface area contributed by atoms with E-state index in [2.05, 4.69) is 20.2 Å². The molecule has 1 aromatic carbocycles. The second-order valence-corrected chi connectivity index (χ2v) is 4.50. The Labute approximate surface area is 118 Å². The molecule has 3 rings (SSSR count). The van der Waals surface area contributed by atoms with Crippen molar-refractivity contribution in [2.24, 2.45) is 0 Å². The Balaban J connectivity index is 2.18. The summed E-state index contributed by atoms with van der Waals surface area (Å²) >= 11 is 5.88. The summed E-state index contributed by atoms with van der Waals surface area (Å²) in [5.41, 5.74) is 2.38. The summed E-state index contributed by atoms with van der Waals surface area (Å²) in [5, 5.41) is 26.4. The lowest BCUT2D eigenvalue weighted by atomic mass is 10.0. The molecule has 100 valence electrons. The predicted molar refractivity (Wildman–Crippen MR) is 73.4 cm³/mol. The normalized spacial score (nSPS) is 10.7. The average molecular weight is 289 g/mol. The molecule has 0 aliphatic heterocycles. The molecule has 0 bridgehead atoms. The number of H-pyrrole nitrogens is 1. The van der Waals surface area contributed by atoms with E-state index < -0.39 is 0 Å². The van der Waals surface area contributed by atoms with Crippen molar-refractivity contribution in [2.75, 3.05) is 0 Å². The van der Waals surface area contributed by atoms with E-state index in [1.807, 2.05) is 0 Å². The monoisotopic (exact) mass is 288 g/mol. The highest BCUT2D eigenvalue weighted by Gasteiger charge is 2.16. The Morgan fingerprint density at radius 3 is 2.50 bits per heavy atom. The minimum Gasteiger partial charge on any atom is -0.507 e. The number of phenols is 2. The average Bonchev–Trinajstić information content (AvgIpc) is 2.93. The Morgan fingerprint density at radius 1 is 1.00 bits per heavy atom. The van der Waals surface area contributed by atoms with Crippen LogP contribution in [0.5, 0.6) is 11.5 Å². The summed E-state index contributed by atoms with van der Waals surface area (Å²) in [6, 6.07) is 2.63. The van der Waals surface area contributed by atoms with Gasteiger partial charge in [0.2, 0.25) is 0 Å². The fourth-order valence-corrected chi connectivity index (χ4v) is 2.06. The van der Waals surface area contributed by atoms with Gasteiger partial charge in [-0.3, -0.25) is 5.10 Å². The molecule has 0 aliphatic carbocycles. The maximum absolute atomic E-state index is 9.96. The van der Waals surface area contributed by atoms with Crippen molar-refractivity contribution < 1.29 is 10.2 Å². The van der Waals surface area contributed by atoms with Crippen molar-refractivity contribution in [3.63, 3.8) is 0 Å². The van der Waals surface area contributed by atoms with Gasteiger partial charge in [0.1, 0.15) is 23.5 Å². The third-order valence-electron chi connectivity index (χ3n) is 2.83. The minimum atomic E-state index is -0.187. The molecule has 2 aromatic heterocycles. The summed E-state index contributed by atoms with van der Waals surface area (Å²) in [6.07, 6.45) is 6.38. The molecule has 0 fully saturated rings. The third-order valence-corrected chi connectivity index (χ3v) is 3.13. The maximum atomic E-state index is 9.96. The third kappa shape index (κ3) is 2.06. The molecule has 0 aliphatic rings. The number of aromatic hydroxyl groups is 2. The predicted octanol–water partition coefficient (Wildman–Crippen LogP) is 2.60. The van der Waals surface area contributed by atoms with Crippen LogP contribution in [0.2, 0.25) is 5.02 Å². The molecule has 3 aromatic rings. The first-order chi connectivity index (χ1) is 9.66. The van der Waals surface area contributed by atoms with Gasteiger partial charge in [-0.05, 0) is 6.07 Å². The van der Waals surface area contributed by atoms with E-state index in [1.54, 1.807) is 18.6 Å². The molecule has 0 radical (unpaired) electrons. The Kier molecular flexibility index (Phi) is 3.00. The Bertz CT molecular complexity index is 758. The molecule has 6 nitrogen and oxygen atoms in total. The van der Waals surface area contributed by atoms with Gasteiger partial charge < -0.3 is 10.2 Å². The van der Waals surface area contributed by atoms with Crippen LogP contribution in [0.15, 0.2) is 37.1 Å². The molecule has 0 saturated heterocycles. The molecule has 7 heteroatoms. The highest BCUT2D eigenvalue weighted by atomic mass is 35.5. The summed E-state index contributed by atoms with van der Waals surface area (Å²) < 4.78 is 0. The van der Waals surface area contributed by atoms with Crippen LogP contribution in [-0.4, -0.2) is 30.4 Å². The molecule has 3 N–H and O–H groups in total. The van der Waals surface area contributed by atoms with Crippen LogP contribution in [0.3, 0.4) is 0 Å². The molecular formula is C13H9ClN4O2. The van der Waals surface area contributed by atoms with Crippen LogP contribution in [0, 0.1) is 0 Å². The number of nitrogens with zero attached hydrogens (tertiary/aromatic N) is 3. The minimum absolute atomic E-state index is 0.114. The number of benzene rings is 1. The lowest BCUT2D eigenvalue weighted by Crippen LogP contribution is -1.86. The molecule has 0 spiro atoms. The zero-order valence-corrected chi connectivity index (χ0v) is 10.8. The summed E-state index contributed by atoms with van der Waals surface area (Å²) in [7, 11) is 0. The second kappa shape index (κ2) is 4.82. The fourth-order valence-electron chi connectivity index (χ4n) is 1.89. The van der Waals surface area contributed by atoms with E-state index in [1.165, 1.54) is 18.5 Å². The Hall–Kier alpha value is -2.60. The smallest absolute Gasteiger partial charge is 0.137 e. The van der Waals surface area contributed by atoms with Crippen molar-refractivity contribution in [2.45, 2.75) is 0 Å². The van der Waals surface area contributed by atoms with Crippen LogP contribution in [0.1, 0.15) is 0 Å². The largest absolute Gasteiger partial charge is 0.507 e. The highest BCUT2D eigenvalue weighted by Crippen LogP contribution is 2.39. The van der Waals surface area contributed by atoms with Crippen molar-refractivity contribution in [3.8, 4) is 33.9 Å². The van der Waals surface area contributed by atoms with Gasteiger partial charge in [-0.25, -0.2) is 9.97 Å². The van der Waals surface area contributed by atoms with Gasteiger partial charge in [-0.2, -0.15) is 5.10 Å². The standard InChI is InChI=1S/C13H9ClN4O2/c14-10-1-8(11(19)2-12(10)20)13-9(5-17-18-13)7-3-15-6-16-4-7/h1-6,19-20H,(H,17,18). The molecule has 0 atom stereocenters. The van der Waals surface area contributed by atoms with Crippen molar-refractivity contribution >= 4 is 11.6 Å². The van der Waals surface area contributed by atoms with E-state index in [9.17, 15) is 10.2 Å². The number of aromatic nitrogens is 4. The summed E-state index contributed by atoms with van der Waals surface area (Å²) in [6.45, 7) is 0. The van der Waals surface area contributed by atoms with E-state index in [0.29, 0.717) is 11.3 Å². The molecule has 0 unspecified atom stereocenters. The van der Waals surface area contributed by atoms with E-state index in [4.69, 9.17) is 11.6 Å². The maximum Gasteiger partial charge on any atom is 0.137 e. The molecular weight excluding hydrogens is 280 g/mol. The zero-order chi connectivity index (χ0) is 14.1. The highest BCUT2D eigenvalue weighted by molar-refractivity contribution is 6.32. The van der Waals surface area contributed by atoms with Crippen molar-refractivity contribution in [3.05, 3.63) is 42.1 Å². The lowest BCUT2D eigenvalue weighted by molar-refractivity contribution is 0.452. The SMILES string of the molecule is Oc1cc(O)c(-c2n[nH]cc2-c2cncnc2)cc1Cl. The summed E-state index contributed by atoms with van der Waals surface area (Å²) in [5.74, 6) is -0.301. The van der Waals surface area contributed by atoms with Gasteiger partial charge in [0.05, 0.1) is 5.02 Å². The number of halogens is 1. The Morgan fingerprint density at radius 2 is 1.75 bits per heavy atom. The molecule has 2 heterocycles. The van der Waals surface area contributed by atoms with Crippen LogP contribution in [-0.2, 0) is 0 Å². The number of nitrogens with one attached hydrogen (secondary N) is 1. The van der Waals surface area contributed by atoms with Gasteiger partial charge >= 0.3 is 0 Å². The number of aromatic amines is 1. The number of hydrogen-bond donors (Lipinski definition) is 3. The number of rotatable bonds is 2. The van der Waals surface area contributed by atoms with Crippen LogP contribution in [0.25, 0.3) is 22.4 Å². The number of phenolic OH excluding ortho intramolecular Hbond substituents is 2. The van der Waals surface area contributed by atoms with Gasteiger partial charge in [-0.1, -0.05) is 11.6 Å². The van der Waals surface area contributed by atoms with Crippen LogP contribution >= 0.6 is 11.6 Å². The number of hydrogen-bond acceptors (Lipinski definition) is 5. The van der Waals surface area contributed by atoms with Crippen molar-refractivity contribution in [1.82, 2.24) is 20.2 Å². The van der Waals surface area contributed by atoms with Gasteiger partial charge in [0.15, 0.2) is 0 Å². The first-order valence-electron chi connectivity index (χ1n) is 5.68. The second-order valence-electron chi connectivity index (χ2n) is 4.10. The topological polar surface area (TPSA) is 94.9 Å². The summed E-state index contributed by atoms with van der Waals surface area (Å²) in [4.78, 5) is 7.90. The van der Waals surface area contributed by atoms with Crippen LogP contribution < -0.4 is 0 Å². The molecule has 0 saturated carbocycles. The fraction of sp³-hybridized carbons (Fsp3) is 0. The van der Waals surface area contributed by atoms with Crippen molar-refractivity contribution in [1.29, 1.82) is 0 Å². The van der Waals surface area contributed by atoms with E-state index in [-0.39, 0.29) is 16.5 Å². The first-order valence-corrected chi connectivity index (χ1v) is 6.05. The van der Waals surface area contributed by atoms with E-state index in [0.717, 1.165) is 11.1 Å². The first kappa shape index (κ1) is 12.4. The lowest BCUT2D eigenvalue weighted by Gasteiger charge is -2.06. The van der Waals surface area contributed by atoms with Gasteiger partial charge in [0.25, 0.3) is 0 Å². The molecule has 20 heavy (non-hydrogen) atoms. The zero-order valence-electron chi connectivity index (χ0n) is 10.1. The van der Waals surface area contributed by atoms with Gasteiger partial charge in [-0.15, -0.1) is 0 Å².